The molecule has 0 radical (unpaired) electrons. The van der Waals surface area contributed by atoms with Crippen molar-refractivity contribution in [3.63, 3.8) is 0 Å². The number of rotatable bonds is 3. The fourth-order valence-electron chi connectivity index (χ4n) is 1.68. The summed E-state index contributed by atoms with van der Waals surface area (Å²) in [6, 6.07) is 0. The van der Waals surface area contributed by atoms with Crippen LogP contribution in [0, 0.1) is 5.92 Å². The second-order valence-electron chi connectivity index (χ2n) is 4.19. The van der Waals surface area contributed by atoms with E-state index in [1.54, 1.807) is 0 Å². The Labute approximate surface area is 94.2 Å². The molecule has 1 heteroatoms. The predicted octanol–water partition coefficient (Wildman–Crippen LogP) is 3.41. The first-order valence-corrected chi connectivity index (χ1v) is 6.01. The first-order valence-electron chi connectivity index (χ1n) is 6.01. The summed E-state index contributed by atoms with van der Waals surface area (Å²) in [6.45, 7) is 4.44. The van der Waals surface area contributed by atoms with Crippen molar-refractivity contribution >= 4 is 0 Å². The summed E-state index contributed by atoms with van der Waals surface area (Å²) in [5.74, 6) is 0.567. The van der Waals surface area contributed by atoms with Crippen LogP contribution in [0.1, 0.15) is 26.2 Å². The molecule has 0 amide bonds. The highest BCUT2D eigenvalue weighted by atomic mass is 15.1. The van der Waals surface area contributed by atoms with E-state index >= 15 is 0 Å². The minimum atomic E-state index is 0.567. The topological polar surface area (TPSA) is 3.24 Å². The Morgan fingerprint density at radius 3 is 2.73 bits per heavy atom. The van der Waals surface area contributed by atoms with Crippen molar-refractivity contribution in [2.24, 2.45) is 5.92 Å². The van der Waals surface area contributed by atoms with Crippen LogP contribution in [0.15, 0.2) is 36.5 Å². The third-order valence-electron chi connectivity index (χ3n) is 2.79. The van der Waals surface area contributed by atoms with Gasteiger partial charge in [-0.25, -0.2) is 0 Å². The zero-order chi connectivity index (χ0) is 10.9. The summed E-state index contributed by atoms with van der Waals surface area (Å²) in [5, 5.41) is 0. The second kappa shape index (κ2) is 7.47. The maximum atomic E-state index is 2.36. The van der Waals surface area contributed by atoms with E-state index in [0.717, 1.165) is 13.1 Å². The van der Waals surface area contributed by atoms with Gasteiger partial charge in [-0.15, -0.1) is 0 Å². The molecular formula is C14H23N. The zero-order valence-electron chi connectivity index (χ0n) is 10.0. The van der Waals surface area contributed by atoms with Crippen molar-refractivity contribution in [3.05, 3.63) is 36.5 Å². The molecule has 0 bridgehead atoms. The molecule has 15 heavy (non-hydrogen) atoms. The maximum absolute atomic E-state index is 2.36. The molecule has 0 saturated heterocycles. The van der Waals surface area contributed by atoms with Crippen LogP contribution in [0.3, 0.4) is 0 Å². The van der Waals surface area contributed by atoms with Gasteiger partial charge in [-0.2, -0.15) is 0 Å². The van der Waals surface area contributed by atoms with Crippen molar-refractivity contribution in [1.29, 1.82) is 0 Å². The number of allylic oxidation sites excluding steroid dienone is 4. The Kier molecular flexibility index (Phi) is 6.10. The Bertz CT molecular complexity index is 238. The lowest BCUT2D eigenvalue weighted by molar-refractivity contribution is 0.335. The van der Waals surface area contributed by atoms with Gasteiger partial charge in [-0.1, -0.05) is 43.4 Å². The molecule has 0 saturated carbocycles. The Morgan fingerprint density at radius 1 is 1.13 bits per heavy atom. The predicted molar refractivity (Wildman–Crippen MR) is 67.9 cm³/mol. The van der Waals surface area contributed by atoms with E-state index in [9.17, 15) is 0 Å². The summed E-state index contributed by atoms with van der Waals surface area (Å²) in [4.78, 5) is 2.36. The molecule has 1 atom stereocenters. The molecule has 0 N–H and O–H groups in total. The van der Waals surface area contributed by atoms with Crippen molar-refractivity contribution in [2.45, 2.75) is 26.2 Å². The van der Waals surface area contributed by atoms with Gasteiger partial charge < -0.3 is 4.90 Å². The number of hydrogen-bond acceptors (Lipinski definition) is 1. The van der Waals surface area contributed by atoms with E-state index in [1.807, 2.05) is 0 Å². The van der Waals surface area contributed by atoms with E-state index < -0.39 is 0 Å². The third-order valence-corrected chi connectivity index (χ3v) is 2.79. The first-order chi connectivity index (χ1) is 7.33. The third kappa shape index (κ3) is 5.58. The van der Waals surface area contributed by atoms with Crippen LogP contribution in [0.25, 0.3) is 0 Å². The van der Waals surface area contributed by atoms with E-state index in [-0.39, 0.29) is 0 Å². The first kappa shape index (κ1) is 12.3. The van der Waals surface area contributed by atoms with Crippen molar-refractivity contribution in [1.82, 2.24) is 4.90 Å². The average Bonchev–Trinajstić information content (AvgIpc) is 2.27. The molecule has 0 fully saturated rings. The zero-order valence-corrected chi connectivity index (χ0v) is 10.0. The molecule has 0 aromatic carbocycles. The standard InChI is InChI=1S/C14H23N/c1-3-15(2)13-14-11-9-7-5-4-6-8-10-12-14/h5,7,9-12,14H,3-4,6,8,13H2,1-2H3/b7-5-,11-9?,12-10-. The normalized spacial score (nSPS) is 26.5. The maximum Gasteiger partial charge on any atom is 0.00772 e. The lowest BCUT2D eigenvalue weighted by Gasteiger charge is -2.17. The van der Waals surface area contributed by atoms with E-state index in [0.29, 0.717) is 5.92 Å². The summed E-state index contributed by atoms with van der Waals surface area (Å²) < 4.78 is 0. The summed E-state index contributed by atoms with van der Waals surface area (Å²) >= 11 is 0. The average molecular weight is 205 g/mol. The van der Waals surface area contributed by atoms with E-state index in [4.69, 9.17) is 0 Å². The Hall–Kier alpha value is -0.820. The molecule has 0 spiro atoms. The van der Waals surface area contributed by atoms with Crippen LogP contribution >= 0.6 is 0 Å². The van der Waals surface area contributed by atoms with Crippen LogP contribution in [-0.2, 0) is 0 Å². The van der Waals surface area contributed by atoms with Gasteiger partial charge in [0.05, 0.1) is 0 Å². The summed E-state index contributed by atoms with van der Waals surface area (Å²) in [5.41, 5.74) is 0. The van der Waals surface area contributed by atoms with Gasteiger partial charge in [-0.05, 0) is 32.9 Å². The van der Waals surface area contributed by atoms with Gasteiger partial charge in [0.2, 0.25) is 0 Å². The molecular weight excluding hydrogens is 182 g/mol. The number of hydrogen-bond donors (Lipinski definition) is 0. The molecule has 0 aliphatic heterocycles. The molecule has 84 valence electrons. The smallest absolute Gasteiger partial charge is 0.00772 e. The second-order valence-corrected chi connectivity index (χ2v) is 4.19. The fraction of sp³-hybridized carbons (Fsp3) is 0.571. The lowest BCUT2D eigenvalue weighted by atomic mass is 10.1. The molecule has 0 heterocycles. The highest BCUT2D eigenvalue weighted by Crippen LogP contribution is 2.08. The molecule has 1 aliphatic carbocycles. The molecule has 1 rings (SSSR count). The van der Waals surface area contributed by atoms with Crippen LogP contribution in [0.2, 0.25) is 0 Å². The van der Waals surface area contributed by atoms with Crippen molar-refractivity contribution in [3.8, 4) is 0 Å². The molecule has 0 aromatic heterocycles. The Balaban J connectivity index is 2.53. The molecule has 1 aliphatic rings. The SMILES string of the molecule is CCN(C)CC1C=C/C=C\CCC/C=C\1. The molecule has 1 nitrogen and oxygen atoms in total. The lowest BCUT2D eigenvalue weighted by Crippen LogP contribution is -2.23. The van der Waals surface area contributed by atoms with Crippen LogP contribution < -0.4 is 0 Å². The van der Waals surface area contributed by atoms with Gasteiger partial charge in [0.15, 0.2) is 0 Å². The number of nitrogens with zero attached hydrogens (tertiary/aromatic N) is 1. The van der Waals surface area contributed by atoms with Crippen LogP contribution in [0.5, 0.6) is 0 Å². The van der Waals surface area contributed by atoms with Gasteiger partial charge in [-0.3, -0.25) is 0 Å². The van der Waals surface area contributed by atoms with Gasteiger partial charge in [0.25, 0.3) is 0 Å². The molecule has 0 aromatic rings. The summed E-state index contributed by atoms with van der Waals surface area (Å²) in [6.07, 6.45) is 17.3. The van der Waals surface area contributed by atoms with Crippen molar-refractivity contribution < 1.29 is 0 Å². The quantitative estimate of drug-likeness (QED) is 0.638. The van der Waals surface area contributed by atoms with E-state index in [2.05, 4.69) is 55.3 Å². The van der Waals surface area contributed by atoms with E-state index in [1.165, 1.54) is 19.3 Å². The summed E-state index contributed by atoms with van der Waals surface area (Å²) in [7, 11) is 2.18. The van der Waals surface area contributed by atoms with Gasteiger partial charge >= 0.3 is 0 Å². The molecule has 1 unspecified atom stereocenters. The Morgan fingerprint density at radius 2 is 1.93 bits per heavy atom. The minimum absolute atomic E-state index is 0.567. The monoisotopic (exact) mass is 205 g/mol. The largest absolute Gasteiger partial charge is 0.306 e. The minimum Gasteiger partial charge on any atom is -0.306 e. The van der Waals surface area contributed by atoms with Crippen LogP contribution in [0.4, 0.5) is 0 Å². The van der Waals surface area contributed by atoms with Crippen molar-refractivity contribution in [2.75, 3.05) is 20.1 Å². The van der Waals surface area contributed by atoms with Gasteiger partial charge in [0.1, 0.15) is 0 Å². The highest BCUT2D eigenvalue weighted by Gasteiger charge is 2.03. The fourth-order valence-corrected chi connectivity index (χ4v) is 1.68. The van der Waals surface area contributed by atoms with Gasteiger partial charge in [0, 0.05) is 12.5 Å². The highest BCUT2D eigenvalue weighted by molar-refractivity contribution is 5.10. The van der Waals surface area contributed by atoms with Crippen LogP contribution in [-0.4, -0.2) is 25.0 Å².